The molecule has 4 heteroatoms. The standard InChI is InChI=1S/C11H19N3O/c1-14(9-11(7-12)15-2)8-10-5-3-4-6-13-10/h3-6,11H,7-9,12H2,1-2H3. The summed E-state index contributed by atoms with van der Waals surface area (Å²) >= 11 is 0. The molecule has 84 valence electrons. The zero-order chi connectivity index (χ0) is 11.1. The number of methoxy groups -OCH3 is 1. The molecule has 1 rings (SSSR count). The van der Waals surface area contributed by atoms with Gasteiger partial charge in [-0.3, -0.25) is 9.88 Å². The van der Waals surface area contributed by atoms with Crippen molar-refractivity contribution in [2.45, 2.75) is 12.6 Å². The van der Waals surface area contributed by atoms with E-state index < -0.39 is 0 Å². The van der Waals surface area contributed by atoms with E-state index in [-0.39, 0.29) is 6.10 Å². The molecule has 1 atom stereocenters. The van der Waals surface area contributed by atoms with Crippen molar-refractivity contribution in [2.75, 3.05) is 27.2 Å². The second-order valence-electron chi connectivity index (χ2n) is 3.61. The molecule has 1 heterocycles. The van der Waals surface area contributed by atoms with Crippen LogP contribution in [0.2, 0.25) is 0 Å². The lowest BCUT2D eigenvalue weighted by atomic mass is 10.3. The number of hydrogen-bond acceptors (Lipinski definition) is 4. The highest BCUT2D eigenvalue weighted by molar-refractivity contribution is 5.03. The zero-order valence-electron chi connectivity index (χ0n) is 9.39. The van der Waals surface area contributed by atoms with Crippen molar-refractivity contribution in [2.24, 2.45) is 5.73 Å². The van der Waals surface area contributed by atoms with Crippen LogP contribution < -0.4 is 5.73 Å². The molecule has 0 spiro atoms. The molecular weight excluding hydrogens is 190 g/mol. The third-order valence-electron chi connectivity index (χ3n) is 2.27. The minimum absolute atomic E-state index is 0.0960. The first-order chi connectivity index (χ1) is 7.26. The van der Waals surface area contributed by atoms with Crippen molar-refractivity contribution < 1.29 is 4.74 Å². The van der Waals surface area contributed by atoms with E-state index in [9.17, 15) is 0 Å². The lowest BCUT2D eigenvalue weighted by Crippen LogP contribution is -2.35. The molecule has 0 saturated carbocycles. The van der Waals surface area contributed by atoms with Crippen molar-refractivity contribution >= 4 is 0 Å². The molecular formula is C11H19N3O. The highest BCUT2D eigenvalue weighted by atomic mass is 16.5. The topological polar surface area (TPSA) is 51.4 Å². The van der Waals surface area contributed by atoms with Crippen molar-refractivity contribution in [1.29, 1.82) is 0 Å². The first-order valence-corrected chi connectivity index (χ1v) is 5.07. The van der Waals surface area contributed by atoms with Crippen LogP contribution >= 0.6 is 0 Å². The summed E-state index contributed by atoms with van der Waals surface area (Å²) in [7, 11) is 3.72. The average Bonchev–Trinajstić information content (AvgIpc) is 2.27. The molecule has 0 aromatic carbocycles. The fraction of sp³-hybridized carbons (Fsp3) is 0.545. The van der Waals surface area contributed by atoms with Gasteiger partial charge in [-0.25, -0.2) is 0 Å². The minimum Gasteiger partial charge on any atom is -0.379 e. The Kier molecular flexibility index (Phi) is 5.25. The van der Waals surface area contributed by atoms with Crippen molar-refractivity contribution in [3.63, 3.8) is 0 Å². The smallest absolute Gasteiger partial charge is 0.0820 e. The minimum atomic E-state index is 0.0960. The van der Waals surface area contributed by atoms with E-state index in [4.69, 9.17) is 10.5 Å². The number of nitrogens with two attached hydrogens (primary N) is 1. The Labute approximate surface area is 91.1 Å². The molecule has 1 aromatic heterocycles. The van der Waals surface area contributed by atoms with Gasteiger partial charge in [-0.2, -0.15) is 0 Å². The second kappa shape index (κ2) is 6.50. The maximum atomic E-state index is 5.56. The number of hydrogen-bond donors (Lipinski definition) is 1. The largest absolute Gasteiger partial charge is 0.379 e. The Morgan fingerprint density at radius 3 is 2.87 bits per heavy atom. The predicted molar refractivity (Wildman–Crippen MR) is 60.4 cm³/mol. The fourth-order valence-electron chi connectivity index (χ4n) is 1.43. The first-order valence-electron chi connectivity index (χ1n) is 5.07. The molecule has 0 radical (unpaired) electrons. The Bertz CT molecular complexity index is 262. The molecule has 0 saturated heterocycles. The summed E-state index contributed by atoms with van der Waals surface area (Å²) < 4.78 is 5.22. The van der Waals surface area contributed by atoms with Gasteiger partial charge in [0.2, 0.25) is 0 Å². The van der Waals surface area contributed by atoms with Crippen LogP contribution in [0.1, 0.15) is 5.69 Å². The van der Waals surface area contributed by atoms with Gasteiger partial charge < -0.3 is 10.5 Å². The summed E-state index contributed by atoms with van der Waals surface area (Å²) in [5.41, 5.74) is 6.62. The summed E-state index contributed by atoms with van der Waals surface area (Å²) in [5.74, 6) is 0. The van der Waals surface area contributed by atoms with Crippen LogP contribution in [0.4, 0.5) is 0 Å². The molecule has 0 bridgehead atoms. The molecule has 0 amide bonds. The molecule has 4 nitrogen and oxygen atoms in total. The number of pyridine rings is 1. The molecule has 0 aliphatic heterocycles. The SMILES string of the molecule is COC(CN)CN(C)Cc1ccccn1. The lowest BCUT2D eigenvalue weighted by Gasteiger charge is -2.21. The van der Waals surface area contributed by atoms with E-state index >= 15 is 0 Å². The van der Waals surface area contributed by atoms with Crippen molar-refractivity contribution in [1.82, 2.24) is 9.88 Å². The normalized spacial score (nSPS) is 13.1. The summed E-state index contributed by atoms with van der Waals surface area (Å²) in [6.07, 6.45) is 1.90. The van der Waals surface area contributed by atoms with E-state index in [1.165, 1.54) is 0 Å². The fourth-order valence-corrected chi connectivity index (χ4v) is 1.43. The monoisotopic (exact) mass is 209 g/mol. The van der Waals surface area contributed by atoms with Gasteiger partial charge in [0.25, 0.3) is 0 Å². The number of rotatable bonds is 6. The highest BCUT2D eigenvalue weighted by Gasteiger charge is 2.09. The molecule has 1 unspecified atom stereocenters. The van der Waals surface area contributed by atoms with Crippen LogP contribution in [-0.4, -0.2) is 43.2 Å². The van der Waals surface area contributed by atoms with E-state index in [1.54, 1.807) is 13.3 Å². The maximum Gasteiger partial charge on any atom is 0.0820 e. The van der Waals surface area contributed by atoms with Gasteiger partial charge >= 0.3 is 0 Å². The average molecular weight is 209 g/mol. The van der Waals surface area contributed by atoms with Gasteiger partial charge in [0, 0.05) is 32.9 Å². The summed E-state index contributed by atoms with van der Waals surface area (Å²) in [6, 6.07) is 5.93. The first kappa shape index (κ1) is 12.1. The van der Waals surface area contributed by atoms with Gasteiger partial charge in [0.05, 0.1) is 11.8 Å². The number of nitrogens with zero attached hydrogens (tertiary/aromatic N) is 2. The Morgan fingerprint density at radius 2 is 2.33 bits per heavy atom. The van der Waals surface area contributed by atoms with Gasteiger partial charge in [-0.15, -0.1) is 0 Å². The predicted octanol–water partition coefficient (Wildman–Crippen LogP) is 0.487. The van der Waals surface area contributed by atoms with Gasteiger partial charge in [-0.05, 0) is 19.2 Å². The molecule has 0 fully saturated rings. The van der Waals surface area contributed by atoms with Crippen LogP contribution in [0.5, 0.6) is 0 Å². The van der Waals surface area contributed by atoms with Crippen LogP contribution in [0.15, 0.2) is 24.4 Å². The summed E-state index contributed by atoms with van der Waals surface area (Å²) in [5, 5.41) is 0. The molecule has 2 N–H and O–H groups in total. The summed E-state index contributed by atoms with van der Waals surface area (Å²) in [4.78, 5) is 6.42. The maximum absolute atomic E-state index is 5.56. The van der Waals surface area contributed by atoms with Gasteiger partial charge in [0.15, 0.2) is 0 Å². The number of likely N-dealkylation sites (N-methyl/N-ethyl adjacent to an activating group) is 1. The van der Waals surface area contributed by atoms with Gasteiger partial charge in [0.1, 0.15) is 0 Å². The lowest BCUT2D eigenvalue weighted by molar-refractivity contribution is 0.0758. The highest BCUT2D eigenvalue weighted by Crippen LogP contribution is 2.00. The van der Waals surface area contributed by atoms with Crippen LogP contribution in [0.3, 0.4) is 0 Å². The van der Waals surface area contributed by atoms with E-state index in [0.717, 1.165) is 18.8 Å². The van der Waals surface area contributed by atoms with Crippen molar-refractivity contribution in [3.05, 3.63) is 30.1 Å². The van der Waals surface area contributed by atoms with Crippen LogP contribution in [-0.2, 0) is 11.3 Å². The molecule has 15 heavy (non-hydrogen) atoms. The van der Waals surface area contributed by atoms with E-state index in [0.29, 0.717) is 6.54 Å². The quantitative estimate of drug-likeness (QED) is 0.740. The summed E-state index contributed by atoms with van der Waals surface area (Å²) in [6.45, 7) is 2.19. The third kappa shape index (κ3) is 4.38. The third-order valence-corrected chi connectivity index (χ3v) is 2.27. The van der Waals surface area contributed by atoms with Crippen molar-refractivity contribution in [3.8, 4) is 0 Å². The zero-order valence-corrected chi connectivity index (χ0v) is 9.39. The number of aromatic nitrogens is 1. The molecule has 0 aliphatic rings. The number of ether oxygens (including phenoxy) is 1. The molecule has 0 aliphatic carbocycles. The van der Waals surface area contributed by atoms with Gasteiger partial charge in [-0.1, -0.05) is 6.07 Å². The Balaban J connectivity index is 2.39. The van der Waals surface area contributed by atoms with E-state index in [1.807, 2.05) is 25.2 Å². The van der Waals surface area contributed by atoms with E-state index in [2.05, 4.69) is 9.88 Å². The van der Waals surface area contributed by atoms with Crippen LogP contribution in [0, 0.1) is 0 Å². The Morgan fingerprint density at radius 1 is 1.53 bits per heavy atom. The van der Waals surface area contributed by atoms with Crippen LogP contribution in [0.25, 0.3) is 0 Å². The Hall–Kier alpha value is -0.970. The molecule has 1 aromatic rings. The second-order valence-corrected chi connectivity index (χ2v) is 3.61.